The number of hydrogen-bond acceptors (Lipinski definition) is 5. The Labute approximate surface area is 161 Å². The molecule has 0 spiro atoms. The van der Waals surface area contributed by atoms with Crippen molar-refractivity contribution in [1.82, 2.24) is 0 Å². The number of nitrogens with two attached hydrogens (primary N) is 1. The molecule has 0 heterocycles. The van der Waals surface area contributed by atoms with Gasteiger partial charge in [-0.15, -0.1) is 0 Å². The quantitative estimate of drug-likeness (QED) is 0.409. The summed E-state index contributed by atoms with van der Waals surface area (Å²) in [6, 6.07) is 8.86. The molecule has 3 N–H and O–H groups in total. The number of ether oxygens (including phenoxy) is 2. The number of phenols is 1. The molecular formula is C22H29NO4. The molecule has 0 aliphatic rings. The van der Waals surface area contributed by atoms with Crippen LogP contribution in [0.25, 0.3) is 0 Å². The highest BCUT2D eigenvalue weighted by Crippen LogP contribution is 2.41. The number of aromatic hydroxyl groups is 1. The summed E-state index contributed by atoms with van der Waals surface area (Å²) < 4.78 is 11.1. The van der Waals surface area contributed by atoms with Crippen LogP contribution in [0.4, 0.5) is 5.69 Å². The van der Waals surface area contributed by atoms with Crippen LogP contribution in [0.15, 0.2) is 30.3 Å². The van der Waals surface area contributed by atoms with Crippen molar-refractivity contribution < 1.29 is 19.4 Å². The molecule has 2 aromatic rings. The van der Waals surface area contributed by atoms with Crippen LogP contribution in [0, 0.1) is 0 Å². The Morgan fingerprint density at radius 2 is 1.56 bits per heavy atom. The van der Waals surface area contributed by atoms with Gasteiger partial charge in [0.2, 0.25) is 0 Å². The SMILES string of the molecule is COC(=O)C(C)c1cc(C(C)C)c(Oc2ccc(N)c(O)c2)c(C(C)C)c1. The average Bonchev–Trinajstić information content (AvgIpc) is 2.63. The minimum Gasteiger partial charge on any atom is -0.506 e. The van der Waals surface area contributed by atoms with Gasteiger partial charge in [-0.25, -0.2) is 0 Å². The Morgan fingerprint density at radius 3 is 2.00 bits per heavy atom. The van der Waals surface area contributed by atoms with Crippen molar-refractivity contribution in [3.05, 3.63) is 47.0 Å². The van der Waals surface area contributed by atoms with Gasteiger partial charge >= 0.3 is 5.97 Å². The van der Waals surface area contributed by atoms with Crippen molar-refractivity contribution in [2.24, 2.45) is 0 Å². The molecule has 0 aliphatic carbocycles. The first-order valence-electron chi connectivity index (χ1n) is 9.17. The van der Waals surface area contributed by atoms with Gasteiger partial charge in [0.1, 0.15) is 17.2 Å². The molecule has 5 heteroatoms. The number of anilines is 1. The second-order valence-electron chi connectivity index (χ2n) is 7.41. The van der Waals surface area contributed by atoms with E-state index in [4.69, 9.17) is 15.2 Å². The minimum atomic E-state index is -0.361. The van der Waals surface area contributed by atoms with E-state index < -0.39 is 0 Å². The van der Waals surface area contributed by atoms with Crippen LogP contribution in [0.1, 0.15) is 69.1 Å². The van der Waals surface area contributed by atoms with Gasteiger partial charge < -0.3 is 20.3 Å². The molecular weight excluding hydrogens is 342 g/mol. The lowest BCUT2D eigenvalue weighted by molar-refractivity contribution is -0.142. The molecule has 146 valence electrons. The zero-order chi connectivity index (χ0) is 20.3. The Balaban J connectivity index is 2.60. The predicted octanol–water partition coefficient (Wildman–Crippen LogP) is 5.29. The molecule has 0 aliphatic heterocycles. The summed E-state index contributed by atoms with van der Waals surface area (Å²) >= 11 is 0. The van der Waals surface area contributed by atoms with Gasteiger partial charge in [-0.1, -0.05) is 39.8 Å². The normalized spacial score (nSPS) is 12.3. The summed E-state index contributed by atoms with van der Waals surface area (Å²) in [5.41, 5.74) is 8.90. The number of phenolic OH excluding ortho intramolecular Hbond substituents is 1. The maximum absolute atomic E-state index is 12.0. The summed E-state index contributed by atoms with van der Waals surface area (Å²) in [6.45, 7) is 10.2. The van der Waals surface area contributed by atoms with Gasteiger partial charge in [-0.05, 0) is 47.6 Å². The number of carbonyl (C=O) groups excluding carboxylic acids is 1. The second-order valence-corrected chi connectivity index (χ2v) is 7.41. The molecule has 0 amide bonds. The van der Waals surface area contributed by atoms with E-state index in [-0.39, 0.29) is 29.5 Å². The summed E-state index contributed by atoms with van der Waals surface area (Å²) in [7, 11) is 1.40. The fourth-order valence-electron chi connectivity index (χ4n) is 2.94. The van der Waals surface area contributed by atoms with E-state index in [1.807, 2.05) is 19.1 Å². The maximum atomic E-state index is 12.0. The van der Waals surface area contributed by atoms with Gasteiger partial charge in [0.15, 0.2) is 0 Å². The number of nitrogen functional groups attached to an aromatic ring is 1. The highest BCUT2D eigenvalue weighted by Gasteiger charge is 2.23. The molecule has 5 nitrogen and oxygen atoms in total. The predicted molar refractivity (Wildman–Crippen MR) is 108 cm³/mol. The summed E-state index contributed by atoms with van der Waals surface area (Å²) in [6.07, 6.45) is 0. The highest BCUT2D eigenvalue weighted by atomic mass is 16.5. The van der Waals surface area contributed by atoms with Crippen LogP contribution in [-0.4, -0.2) is 18.2 Å². The molecule has 0 saturated carbocycles. The van der Waals surface area contributed by atoms with E-state index in [9.17, 15) is 9.90 Å². The van der Waals surface area contributed by atoms with Crippen molar-refractivity contribution in [3.8, 4) is 17.2 Å². The maximum Gasteiger partial charge on any atom is 0.312 e. The second kappa shape index (κ2) is 8.33. The third kappa shape index (κ3) is 4.54. The zero-order valence-corrected chi connectivity index (χ0v) is 16.9. The van der Waals surface area contributed by atoms with E-state index in [1.54, 1.807) is 12.1 Å². The van der Waals surface area contributed by atoms with Crippen molar-refractivity contribution in [2.45, 2.75) is 52.4 Å². The van der Waals surface area contributed by atoms with E-state index in [1.165, 1.54) is 13.2 Å². The van der Waals surface area contributed by atoms with Gasteiger partial charge in [-0.3, -0.25) is 4.79 Å². The van der Waals surface area contributed by atoms with Crippen LogP contribution in [0.3, 0.4) is 0 Å². The van der Waals surface area contributed by atoms with Gasteiger partial charge in [0, 0.05) is 6.07 Å². The number of rotatable bonds is 6. The lowest BCUT2D eigenvalue weighted by Gasteiger charge is -2.23. The summed E-state index contributed by atoms with van der Waals surface area (Å²) in [4.78, 5) is 12.0. The number of esters is 1. The lowest BCUT2D eigenvalue weighted by atomic mass is 9.88. The third-order valence-electron chi connectivity index (χ3n) is 4.69. The molecule has 2 aromatic carbocycles. The van der Waals surface area contributed by atoms with Crippen LogP contribution >= 0.6 is 0 Å². The fourth-order valence-corrected chi connectivity index (χ4v) is 2.94. The summed E-state index contributed by atoms with van der Waals surface area (Å²) in [5.74, 6) is 0.996. The number of carbonyl (C=O) groups is 1. The van der Waals surface area contributed by atoms with Crippen LogP contribution in [0.2, 0.25) is 0 Å². The molecule has 0 saturated heterocycles. The van der Waals surface area contributed by atoms with Crippen molar-refractivity contribution in [2.75, 3.05) is 12.8 Å². The van der Waals surface area contributed by atoms with Gasteiger partial charge in [-0.2, -0.15) is 0 Å². The molecule has 0 radical (unpaired) electrons. The van der Waals surface area contributed by atoms with E-state index in [0.717, 1.165) is 22.4 Å². The fraction of sp³-hybridized carbons (Fsp3) is 0.409. The smallest absolute Gasteiger partial charge is 0.312 e. The summed E-state index contributed by atoms with van der Waals surface area (Å²) in [5, 5.41) is 9.88. The van der Waals surface area contributed by atoms with Crippen molar-refractivity contribution >= 4 is 11.7 Å². The standard InChI is InChI=1S/C22H29NO4/c1-12(2)17-9-15(14(5)22(25)26-6)10-18(13(3)4)21(17)27-16-7-8-19(23)20(24)11-16/h7-14,24H,23H2,1-6H3. The molecule has 0 aromatic heterocycles. The number of hydrogen-bond donors (Lipinski definition) is 2. The minimum absolute atomic E-state index is 0.0133. The molecule has 0 bridgehead atoms. The average molecular weight is 371 g/mol. The largest absolute Gasteiger partial charge is 0.506 e. The molecule has 1 atom stereocenters. The number of benzene rings is 2. The Hall–Kier alpha value is -2.69. The van der Waals surface area contributed by atoms with E-state index in [0.29, 0.717) is 11.4 Å². The number of methoxy groups -OCH3 is 1. The van der Waals surface area contributed by atoms with E-state index >= 15 is 0 Å². The van der Waals surface area contributed by atoms with Crippen LogP contribution in [0.5, 0.6) is 17.2 Å². The molecule has 0 fully saturated rings. The van der Waals surface area contributed by atoms with E-state index in [2.05, 4.69) is 27.7 Å². The molecule has 1 unspecified atom stereocenters. The third-order valence-corrected chi connectivity index (χ3v) is 4.69. The van der Waals surface area contributed by atoms with Gasteiger partial charge in [0.05, 0.1) is 18.7 Å². The Morgan fingerprint density at radius 1 is 1.00 bits per heavy atom. The zero-order valence-electron chi connectivity index (χ0n) is 16.9. The highest BCUT2D eigenvalue weighted by molar-refractivity contribution is 5.78. The van der Waals surface area contributed by atoms with Crippen LogP contribution in [-0.2, 0) is 9.53 Å². The molecule has 2 rings (SSSR count). The molecule has 27 heavy (non-hydrogen) atoms. The van der Waals surface area contributed by atoms with Crippen LogP contribution < -0.4 is 10.5 Å². The van der Waals surface area contributed by atoms with Crippen molar-refractivity contribution in [3.63, 3.8) is 0 Å². The topological polar surface area (TPSA) is 81.8 Å². The Kier molecular flexibility index (Phi) is 6.37. The van der Waals surface area contributed by atoms with Crippen molar-refractivity contribution in [1.29, 1.82) is 0 Å². The first kappa shape index (κ1) is 20.6. The first-order chi connectivity index (χ1) is 12.6. The lowest BCUT2D eigenvalue weighted by Crippen LogP contribution is -2.12. The first-order valence-corrected chi connectivity index (χ1v) is 9.17. The van der Waals surface area contributed by atoms with Gasteiger partial charge in [0.25, 0.3) is 0 Å². The monoisotopic (exact) mass is 371 g/mol. The Bertz CT molecular complexity index is 798.